The molecule has 0 aliphatic heterocycles. The first kappa shape index (κ1) is 25.2. The molecule has 162 valence electrons. The highest BCUT2D eigenvalue weighted by Crippen LogP contribution is 2.40. The number of aliphatic hydroxyl groups is 1. The molecule has 1 aromatic carbocycles. The van der Waals surface area contributed by atoms with Crippen LogP contribution in [-0.2, 0) is 0 Å². The smallest absolute Gasteiger partial charge is 0.119 e. The van der Waals surface area contributed by atoms with Gasteiger partial charge in [-0.2, -0.15) is 0 Å². The van der Waals surface area contributed by atoms with Gasteiger partial charge in [0.15, 0.2) is 0 Å². The van der Waals surface area contributed by atoms with E-state index in [4.69, 9.17) is 4.74 Å². The van der Waals surface area contributed by atoms with Crippen LogP contribution in [0.5, 0.6) is 5.75 Å². The summed E-state index contributed by atoms with van der Waals surface area (Å²) in [5.41, 5.74) is 1.71. The van der Waals surface area contributed by atoms with E-state index in [0.717, 1.165) is 43.6 Å². The predicted molar refractivity (Wildman–Crippen MR) is 126 cm³/mol. The molecule has 1 atom stereocenters. The van der Waals surface area contributed by atoms with Gasteiger partial charge in [0.2, 0.25) is 0 Å². The second-order valence-electron chi connectivity index (χ2n) is 7.80. The Morgan fingerprint density at radius 3 is 2.31 bits per heavy atom. The number of benzene rings is 1. The summed E-state index contributed by atoms with van der Waals surface area (Å²) in [5.74, 6) is 0.979. The summed E-state index contributed by atoms with van der Waals surface area (Å²) in [6, 6.07) is 8.28. The number of ether oxygens (including phenoxy) is 1. The molecular weight excluding hydrogens is 358 g/mol. The van der Waals surface area contributed by atoms with Crippen LogP contribution in [0.15, 0.2) is 60.7 Å². The third-order valence-electron chi connectivity index (χ3n) is 5.42. The molecule has 29 heavy (non-hydrogen) atoms. The first-order valence-electron chi connectivity index (χ1n) is 11.0. The van der Waals surface area contributed by atoms with E-state index in [-0.39, 0.29) is 5.92 Å². The van der Waals surface area contributed by atoms with Crippen molar-refractivity contribution in [3.8, 4) is 5.75 Å². The van der Waals surface area contributed by atoms with Gasteiger partial charge in [0.05, 0.1) is 5.60 Å². The van der Waals surface area contributed by atoms with Gasteiger partial charge in [0.1, 0.15) is 12.4 Å². The van der Waals surface area contributed by atoms with E-state index in [1.54, 1.807) is 6.08 Å². The van der Waals surface area contributed by atoms with Crippen molar-refractivity contribution >= 4 is 0 Å². The summed E-state index contributed by atoms with van der Waals surface area (Å²) in [6.07, 6.45) is 13.0. The molecule has 1 aliphatic carbocycles. The number of rotatable bonds is 9. The van der Waals surface area contributed by atoms with Gasteiger partial charge >= 0.3 is 0 Å². The van der Waals surface area contributed by atoms with Crippen LogP contribution in [0.4, 0.5) is 0 Å². The van der Waals surface area contributed by atoms with Crippen molar-refractivity contribution in [1.29, 1.82) is 0 Å². The van der Waals surface area contributed by atoms with E-state index in [1.165, 1.54) is 12.0 Å². The molecule has 1 unspecified atom stereocenters. The molecule has 0 radical (unpaired) electrons. The minimum absolute atomic E-state index is 0.128. The molecule has 0 amide bonds. The minimum atomic E-state index is -0.599. The zero-order chi connectivity index (χ0) is 21.7. The van der Waals surface area contributed by atoms with Gasteiger partial charge in [-0.15, -0.1) is 0 Å². The van der Waals surface area contributed by atoms with Crippen molar-refractivity contribution in [3.05, 3.63) is 66.3 Å². The molecule has 0 spiro atoms. The third-order valence-corrected chi connectivity index (χ3v) is 5.42. The standard InChI is InChI=1S/C24H35NO2.C2H6/c1-5-7-11-20(6-2)19-27-22-14-12-21(13-15-22)23(18-25(3)4)24(26)16-9-8-10-17-24;1-2/h5-7,11-15,23,26H,1,8-10,16-19H2,2-4H3;1-2H3/b11-7-,20-6+;. The second kappa shape index (κ2) is 13.4. The van der Waals surface area contributed by atoms with Crippen LogP contribution in [0, 0.1) is 0 Å². The first-order valence-corrected chi connectivity index (χ1v) is 11.0. The Labute approximate surface area is 178 Å². The Hall–Kier alpha value is -1.84. The molecule has 1 aromatic rings. The summed E-state index contributed by atoms with van der Waals surface area (Å²) in [7, 11) is 4.15. The van der Waals surface area contributed by atoms with Crippen LogP contribution in [0.2, 0.25) is 0 Å². The van der Waals surface area contributed by atoms with Crippen molar-refractivity contribution < 1.29 is 9.84 Å². The lowest BCUT2D eigenvalue weighted by molar-refractivity contribution is -0.0277. The van der Waals surface area contributed by atoms with Crippen LogP contribution in [0.1, 0.15) is 64.4 Å². The highest BCUT2D eigenvalue weighted by molar-refractivity contribution is 5.32. The monoisotopic (exact) mass is 399 g/mol. The average Bonchev–Trinajstić information content (AvgIpc) is 2.74. The number of likely N-dealkylation sites (N-methyl/N-ethyl adjacent to an activating group) is 1. The molecule has 1 fully saturated rings. The number of hydrogen-bond donors (Lipinski definition) is 1. The SMILES string of the molecule is C=C/C=C\C(=C/C)COc1ccc(C(CN(C)C)C2(O)CCCCC2)cc1.CC. The Morgan fingerprint density at radius 1 is 1.17 bits per heavy atom. The molecule has 1 aliphatic rings. The molecule has 0 bridgehead atoms. The second-order valence-corrected chi connectivity index (χ2v) is 7.80. The molecule has 0 heterocycles. The van der Waals surface area contributed by atoms with Crippen molar-refractivity contribution in [2.75, 3.05) is 27.2 Å². The number of hydrogen-bond acceptors (Lipinski definition) is 3. The van der Waals surface area contributed by atoms with Crippen molar-refractivity contribution in [1.82, 2.24) is 4.90 Å². The fourth-order valence-corrected chi connectivity index (χ4v) is 3.85. The van der Waals surface area contributed by atoms with Crippen molar-refractivity contribution in [2.24, 2.45) is 0 Å². The summed E-state index contributed by atoms with van der Waals surface area (Å²) in [5, 5.41) is 11.3. The van der Waals surface area contributed by atoms with Gasteiger partial charge in [-0.05, 0) is 57.1 Å². The van der Waals surface area contributed by atoms with Gasteiger partial charge in [0, 0.05) is 12.5 Å². The molecule has 1 saturated carbocycles. The molecule has 1 N–H and O–H groups in total. The van der Waals surface area contributed by atoms with Crippen LogP contribution in [0.3, 0.4) is 0 Å². The van der Waals surface area contributed by atoms with Gasteiger partial charge in [-0.1, -0.05) is 76.1 Å². The lowest BCUT2D eigenvalue weighted by Crippen LogP contribution is -2.42. The lowest BCUT2D eigenvalue weighted by atomic mass is 9.72. The lowest BCUT2D eigenvalue weighted by Gasteiger charge is -2.40. The average molecular weight is 400 g/mol. The first-order chi connectivity index (χ1) is 14.0. The van der Waals surface area contributed by atoms with E-state index in [9.17, 15) is 5.11 Å². The summed E-state index contributed by atoms with van der Waals surface area (Å²) < 4.78 is 5.92. The van der Waals surface area contributed by atoms with Crippen LogP contribution >= 0.6 is 0 Å². The Bertz CT molecular complexity index is 637. The largest absolute Gasteiger partial charge is 0.489 e. The molecule has 3 nitrogen and oxygen atoms in total. The van der Waals surface area contributed by atoms with E-state index in [2.05, 4.69) is 37.7 Å². The topological polar surface area (TPSA) is 32.7 Å². The quantitative estimate of drug-likeness (QED) is 0.508. The maximum Gasteiger partial charge on any atom is 0.119 e. The highest BCUT2D eigenvalue weighted by atomic mass is 16.5. The zero-order valence-electron chi connectivity index (χ0n) is 19.2. The van der Waals surface area contributed by atoms with E-state index in [1.807, 2.05) is 51.1 Å². The van der Waals surface area contributed by atoms with Gasteiger partial charge in [-0.25, -0.2) is 0 Å². The maximum absolute atomic E-state index is 11.3. The van der Waals surface area contributed by atoms with E-state index < -0.39 is 5.60 Å². The third kappa shape index (κ3) is 8.20. The van der Waals surface area contributed by atoms with Crippen molar-refractivity contribution in [2.45, 2.75) is 64.4 Å². The van der Waals surface area contributed by atoms with Crippen molar-refractivity contribution in [3.63, 3.8) is 0 Å². The summed E-state index contributed by atoms with van der Waals surface area (Å²) >= 11 is 0. The molecular formula is C26H41NO2. The molecule has 0 aromatic heterocycles. The molecule has 0 saturated heterocycles. The highest BCUT2D eigenvalue weighted by Gasteiger charge is 2.38. The van der Waals surface area contributed by atoms with E-state index >= 15 is 0 Å². The van der Waals surface area contributed by atoms with Gasteiger partial charge in [-0.3, -0.25) is 0 Å². The Balaban J connectivity index is 0.00000204. The van der Waals surface area contributed by atoms with Gasteiger partial charge < -0.3 is 14.7 Å². The van der Waals surface area contributed by atoms with Crippen LogP contribution in [-0.4, -0.2) is 42.9 Å². The van der Waals surface area contributed by atoms with Crippen LogP contribution < -0.4 is 4.74 Å². The Morgan fingerprint density at radius 2 is 1.79 bits per heavy atom. The Kier molecular flexibility index (Phi) is 11.6. The zero-order valence-corrected chi connectivity index (χ0v) is 19.2. The van der Waals surface area contributed by atoms with E-state index in [0.29, 0.717) is 6.61 Å². The fraction of sp³-hybridized carbons (Fsp3) is 0.538. The molecule has 3 heteroatoms. The van der Waals surface area contributed by atoms with Gasteiger partial charge in [0.25, 0.3) is 0 Å². The number of nitrogens with zero attached hydrogens (tertiary/aromatic N) is 1. The number of allylic oxidation sites excluding steroid dienone is 3. The maximum atomic E-state index is 11.3. The van der Waals surface area contributed by atoms with Crippen LogP contribution in [0.25, 0.3) is 0 Å². The summed E-state index contributed by atoms with van der Waals surface area (Å²) in [6.45, 7) is 11.1. The summed E-state index contributed by atoms with van der Waals surface area (Å²) in [4.78, 5) is 2.17. The minimum Gasteiger partial charge on any atom is -0.489 e. The fourth-order valence-electron chi connectivity index (χ4n) is 3.85. The normalized spacial score (nSPS) is 17.6. The molecule has 2 rings (SSSR count). The predicted octanol–water partition coefficient (Wildman–Crippen LogP) is 6.12.